The van der Waals surface area contributed by atoms with Gasteiger partial charge in [0.15, 0.2) is 5.60 Å². The third-order valence-corrected chi connectivity index (χ3v) is 6.75. The zero-order valence-corrected chi connectivity index (χ0v) is 17.2. The maximum Gasteiger partial charge on any atom is 0.343 e. The lowest BCUT2D eigenvalue weighted by molar-refractivity contribution is -0.172. The van der Waals surface area contributed by atoms with Gasteiger partial charge in [-0.05, 0) is 42.7 Å². The van der Waals surface area contributed by atoms with E-state index in [-0.39, 0.29) is 18.6 Å². The first-order chi connectivity index (χ1) is 15.0. The van der Waals surface area contributed by atoms with E-state index in [1.165, 1.54) is 0 Å². The molecule has 0 amide bonds. The van der Waals surface area contributed by atoms with Crippen LogP contribution < -0.4 is 5.56 Å². The van der Waals surface area contributed by atoms with Gasteiger partial charge >= 0.3 is 5.97 Å². The van der Waals surface area contributed by atoms with Crippen molar-refractivity contribution in [3.8, 4) is 11.4 Å². The number of aryl methyl sites for hydroxylation is 1. The summed E-state index contributed by atoms with van der Waals surface area (Å²) >= 11 is 0. The summed E-state index contributed by atoms with van der Waals surface area (Å²) in [4.78, 5) is 30.6. The molecule has 0 saturated carbocycles. The van der Waals surface area contributed by atoms with Gasteiger partial charge in [0.05, 0.1) is 35.3 Å². The largest absolute Gasteiger partial charge is 0.464 e. The van der Waals surface area contributed by atoms with Crippen LogP contribution in [0.3, 0.4) is 0 Å². The lowest BCUT2D eigenvalue weighted by atomic mass is 9.86. The Morgan fingerprint density at radius 3 is 2.81 bits per heavy atom. The van der Waals surface area contributed by atoms with Gasteiger partial charge in [0.2, 0.25) is 0 Å². The zero-order valence-electron chi connectivity index (χ0n) is 17.2. The SMILES string of the molecule is CCc1c2c(nc3ccc4occc4c13)-c1cc3c(c(=O)n1C2)COC(=O)[C@]3(O)CC. The van der Waals surface area contributed by atoms with Crippen LogP contribution in [-0.4, -0.2) is 20.6 Å². The molecular formula is C24H20N2O5. The number of hydrogen-bond acceptors (Lipinski definition) is 6. The van der Waals surface area contributed by atoms with E-state index in [1.807, 2.05) is 18.2 Å². The standard InChI is InChI=1S/C24H20N2O5/c1-3-12-14-10-26-18(9-16-15(22(26)27)11-31-23(28)24(16,29)4-2)21(14)25-17-5-6-19-13(20(12)17)7-8-30-19/h5-9,29H,3-4,10-11H2,1-2H3/t24-/m0/s1. The Hall–Kier alpha value is -3.45. The van der Waals surface area contributed by atoms with E-state index in [2.05, 4.69) is 6.92 Å². The Bertz CT molecular complexity index is 1500. The first-order valence-electron chi connectivity index (χ1n) is 10.5. The number of nitrogens with zero attached hydrogens (tertiary/aromatic N) is 2. The average molecular weight is 416 g/mol. The van der Waals surface area contributed by atoms with Crippen LogP contribution in [0, 0.1) is 0 Å². The predicted molar refractivity (Wildman–Crippen MR) is 114 cm³/mol. The van der Waals surface area contributed by atoms with Gasteiger partial charge in [-0.2, -0.15) is 0 Å². The molecule has 0 aliphatic carbocycles. The van der Waals surface area contributed by atoms with E-state index in [0.717, 1.165) is 45.1 Å². The van der Waals surface area contributed by atoms with Crippen LogP contribution in [-0.2, 0) is 34.7 Å². The summed E-state index contributed by atoms with van der Waals surface area (Å²) in [6.07, 6.45) is 2.57. The number of carbonyl (C=O) groups is 1. The quantitative estimate of drug-likeness (QED) is 0.443. The van der Waals surface area contributed by atoms with E-state index < -0.39 is 11.6 Å². The van der Waals surface area contributed by atoms with Gasteiger partial charge in [-0.1, -0.05) is 13.8 Å². The highest BCUT2D eigenvalue weighted by Crippen LogP contribution is 2.41. The van der Waals surface area contributed by atoms with E-state index in [4.69, 9.17) is 14.1 Å². The van der Waals surface area contributed by atoms with Crippen molar-refractivity contribution >= 4 is 27.8 Å². The fraction of sp³-hybridized carbons (Fsp3) is 0.292. The number of benzene rings is 1. The predicted octanol–water partition coefficient (Wildman–Crippen LogP) is 3.39. The van der Waals surface area contributed by atoms with Crippen LogP contribution in [0.15, 0.2) is 39.7 Å². The second-order valence-corrected chi connectivity index (χ2v) is 8.17. The molecule has 1 atom stereocenters. The molecule has 3 aromatic heterocycles. The minimum Gasteiger partial charge on any atom is -0.464 e. The highest BCUT2D eigenvalue weighted by atomic mass is 16.6. The van der Waals surface area contributed by atoms with Gasteiger partial charge in [0.1, 0.15) is 12.2 Å². The van der Waals surface area contributed by atoms with Crippen molar-refractivity contribution < 1.29 is 19.1 Å². The number of aromatic nitrogens is 2. The van der Waals surface area contributed by atoms with Crippen molar-refractivity contribution in [2.75, 3.05) is 0 Å². The molecule has 7 heteroatoms. The van der Waals surface area contributed by atoms with E-state index in [1.54, 1.807) is 23.8 Å². The van der Waals surface area contributed by atoms with Crippen LogP contribution in [0.4, 0.5) is 0 Å². The summed E-state index contributed by atoms with van der Waals surface area (Å²) in [6, 6.07) is 7.53. The second kappa shape index (κ2) is 6.04. The van der Waals surface area contributed by atoms with Crippen LogP contribution in [0.2, 0.25) is 0 Å². The Morgan fingerprint density at radius 2 is 2.03 bits per heavy atom. The van der Waals surface area contributed by atoms with Crippen LogP contribution in [0.5, 0.6) is 0 Å². The van der Waals surface area contributed by atoms with Crippen LogP contribution >= 0.6 is 0 Å². The van der Waals surface area contributed by atoms with E-state index >= 15 is 0 Å². The van der Waals surface area contributed by atoms with E-state index in [0.29, 0.717) is 23.4 Å². The second-order valence-electron chi connectivity index (χ2n) is 8.17. The third kappa shape index (κ3) is 2.19. The summed E-state index contributed by atoms with van der Waals surface area (Å²) in [5.74, 6) is -0.715. The average Bonchev–Trinajstić information content (AvgIpc) is 3.40. The third-order valence-electron chi connectivity index (χ3n) is 6.75. The molecule has 0 radical (unpaired) electrons. The number of rotatable bonds is 2. The van der Waals surface area contributed by atoms with Gasteiger partial charge in [0, 0.05) is 21.9 Å². The van der Waals surface area contributed by atoms with Gasteiger partial charge in [-0.3, -0.25) is 4.79 Å². The smallest absolute Gasteiger partial charge is 0.343 e. The maximum absolute atomic E-state index is 13.4. The Kier molecular flexibility index (Phi) is 3.57. The van der Waals surface area contributed by atoms with Crippen LogP contribution in [0.1, 0.15) is 42.5 Å². The van der Waals surface area contributed by atoms with Crippen molar-refractivity contribution in [2.45, 2.75) is 45.4 Å². The molecule has 0 unspecified atom stereocenters. The number of aliphatic hydroxyl groups is 1. The number of carbonyl (C=O) groups excluding carboxylic acids is 1. The first-order valence-corrected chi connectivity index (χ1v) is 10.5. The van der Waals surface area contributed by atoms with Crippen molar-refractivity contribution in [2.24, 2.45) is 0 Å². The topological polar surface area (TPSA) is 94.6 Å². The fourth-order valence-corrected chi connectivity index (χ4v) is 5.11. The number of ether oxygens (including phenoxy) is 1. The summed E-state index contributed by atoms with van der Waals surface area (Å²) in [6.45, 7) is 4.06. The summed E-state index contributed by atoms with van der Waals surface area (Å²) in [5.41, 5.74) is 3.71. The Balaban J connectivity index is 1.69. The minimum atomic E-state index is -1.82. The van der Waals surface area contributed by atoms with Gasteiger partial charge in [-0.15, -0.1) is 0 Å². The summed E-state index contributed by atoms with van der Waals surface area (Å²) in [5, 5.41) is 13.1. The Labute approximate surface area is 176 Å². The molecule has 2 aliphatic heterocycles. The highest BCUT2D eigenvalue weighted by Gasteiger charge is 2.45. The summed E-state index contributed by atoms with van der Waals surface area (Å²) < 4.78 is 12.4. The molecule has 1 N–H and O–H groups in total. The molecule has 7 nitrogen and oxygen atoms in total. The lowest BCUT2D eigenvalue weighted by Gasteiger charge is -2.31. The Morgan fingerprint density at radius 1 is 1.19 bits per heavy atom. The molecule has 31 heavy (non-hydrogen) atoms. The maximum atomic E-state index is 13.4. The molecule has 0 saturated heterocycles. The monoisotopic (exact) mass is 416 g/mol. The molecular weight excluding hydrogens is 396 g/mol. The number of furan rings is 1. The molecule has 156 valence electrons. The number of pyridine rings is 2. The van der Waals surface area contributed by atoms with Gasteiger partial charge < -0.3 is 18.8 Å². The number of esters is 1. The minimum absolute atomic E-state index is 0.123. The first kappa shape index (κ1) is 18.3. The lowest BCUT2D eigenvalue weighted by Crippen LogP contribution is -2.44. The molecule has 1 aromatic carbocycles. The molecule has 5 heterocycles. The van der Waals surface area contributed by atoms with Crippen molar-refractivity contribution in [3.05, 3.63) is 63.1 Å². The number of cyclic esters (lactones) is 1. The molecule has 0 spiro atoms. The molecule has 2 aliphatic rings. The van der Waals surface area contributed by atoms with E-state index in [9.17, 15) is 14.7 Å². The molecule has 0 bridgehead atoms. The van der Waals surface area contributed by atoms with Crippen LogP contribution in [0.25, 0.3) is 33.3 Å². The van der Waals surface area contributed by atoms with Gasteiger partial charge in [0.25, 0.3) is 5.56 Å². The normalized spacial score (nSPS) is 19.4. The van der Waals surface area contributed by atoms with Crippen molar-refractivity contribution in [3.63, 3.8) is 0 Å². The molecule has 4 aromatic rings. The summed E-state index contributed by atoms with van der Waals surface area (Å²) in [7, 11) is 0. The zero-order chi connectivity index (χ0) is 21.5. The van der Waals surface area contributed by atoms with Crippen molar-refractivity contribution in [1.82, 2.24) is 9.55 Å². The molecule has 6 rings (SSSR count). The van der Waals surface area contributed by atoms with Gasteiger partial charge in [-0.25, -0.2) is 9.78 Å². The number of hydrogen-bond donors (Lipinski definition) is 1. The fourth-order valence-electron chi connectivity index (χ4n) is 5.11. The molecule has 0 fully saturated rings. The highest BCUT2D eigenvalue weighted by molar-refractivity contribution is 6.07. The van der Waals surface area contributed by atoms with Crippen molar-refractivity contribution in [1.29, 1.82) is 0 Å². The number of fused-ring (bicyclic) bond motifs is 7.